The molecule has 1 amide bonds. The molecule has 0 aliphatic carbocycles. The van der Waals surface area contributed by atoms with E-state index in [0.29, 0.717) is 10.4 Å². The van der Waals surface area contributed by atoms with E-state index in [1.54, 1.807) is 18.2 Å². The molecule has 0 radical (unpaired) electrons. The van der Waals surface area contributed by atoms with Gasteiger partial charge in [0.05, 0.1) is 18.0 Å². The molecule has 138 valence electrons. The van der Waals surface area contributed by atoms with Crippen molar-refractivity contribution >= 4 is 29.7 Å². The Morgan fingerprint density at radius 1 is 1.20 bits per heavy atom. The number of benzene rings is 1. The van der Waals surface area contributed by atoms with E-state index < -0.39 is 31.5 Å². The summed E-state index contributed by atoms with van der Waals surface area (Å²) < 4.78 is 54.5. The Morgan fingerprint density at radius 2 is 1.84 bits per heavy atom. The van der Waals surface area contributed by atoms with E-state index in [0.717, 1.165) is 11.3 Å². The number of hydrogen-bond donors (Lipinski definition) is 2. The Hall–Kier alpha value is -1.84. The second kappa shape index (κ2) is 9.02. The second-order valence-corrected chi connectivity index (χ2v) is 5.89. The normalized spacial score (nSPS) is 11.1. The third-order valence-electron chi connectivity index (χ3n) is 3.00. The molecule has 0 unspecified atom stereocenters. The minimum atomic E-state index is -3.16. The highest BCUT2D eigenvalue weighted by Crippen LogP contribution is 2.29. The number of carbonyl (C=O) groups is 1. The lowest BCUT2D eigenvalue weighted by molar-refractivity contribution is -0.0498. The lowest BCUT2D eigenvalue weighted by Crippen LogP contribution is -2.41. The molecule has 0 saturated carbocycles. The summed E-state index contributed by atoms with van der Waals surface area (Å²) >= 11 is 1.09. The van der Waals surface area contributed by atoms with Gasteiger partial charge in [0.25, 0.3) is 11.8 Å². The Labute approximate surface area is 151 Å². The maximum Gasteiger partial charge on any atom is 0.387 e. The van der Waals surface area contributed by atoms with Crippen LogP contribution < -0.4 is 15.8 Å². The van der Waals surface area contributed by atoms with Crippen molar-refractivity contribution < 1.29 is 27.1 Å². The molecule has 2 aromatic rings. The summed E-state index contributed by atoms with van der Waals surface area (Å²) in [6, 6.07) is 9.02. The molecule has 1 aromatic carbocycles. The van der Waals surface area contributed by atoms with E-state index in [-0.39, 0.29) is 23.0 Å². The zero-order valence-electron chi connectivity index (χ0n) is 12.7. The van der Waals surface area contributed by atoms with Gasteiger partial charge in [-0.2, -0.15) is 8.78 Å². The molecular weight excluding hydrogens is 384 g/mol. The summed E-state index contributed by atoms with van der Waals surface area (Å²) in [6.07, 6.45) is 0. The van der Waals surface area contributed by atoms with Crippen LogP contribution in [0.3, 0.4) is 0 Å². The minimum absolute atomic E-state index is 0. The maximum atomic E-state index is 13.0. The van der Waals surface area contributed by atoms with Gasteiger partial charge in [0, 0.05) is 4.88 Å². The van der Waals surface area contributed by atoms with Crippen molar-refractivity contribution in [2.24, 2.45) is 5.73 Å². The van der Waals surface area contributed by atoms with Crippen LogP contribution in [0, 0.1) is 0 Å². The van der Waals surface area contributed by atoms with E-state index in [1.807, 2.05) is 0 Å². The third-order valence-corrected chi connectivity index (χ3v) is 4.13. The number of nitrogens with two attached hydrogens (primary N) is 1. The van der Waals surface area contributed by atoms with Gasteiger partial charge in [0.2, 0.25) is 0 Å². The quantitative estimate of drug-likeness (QED) is 0.698. The molecule has 0 fully saturated rings. The number of halogens is 5. The maximum absolute atomic E-state index is 13.0. The van der Waals surface area contributed by atoms with Crippen LogP contribution in [0.1, 0.15) is 9.67 Å². The van der Waals surface area contributed by atoms with Crippen LogP contribution in [-0.2, 0) is 0 Å². The molecule has 0 aliphatic heterocycles. The Balaban J connectivity index is 0.00000312. The van der Waals surface area contributed by atoms with Crippen LogP contribution in [0.15, 0.2) is 36.4 Å². The number of nitrogens with one attached hydrogen (secondary N) is 1. The molecule has 2 rings (SSSR count). The van der Waals surface area contributed by atoms with Crippen molar-refractivity contribution in [3.05, 3.63) is 41.3 Å². The molecule has 3 N–H and O–H groups in total. The minimum Gasteiger partial charge on any atom is -0.435 e. The number of alkyl halides is 4. The number of amides is 1. The van der Waals surface area contributed by atoms with Gasteiger partial charge in [-0.05, 0) is 42.0 Å². The molecule has 0 atom stereocenters. The highest BCUT2D eigenvalue weighted by molar-refractivity contribution is 7.17. The predicted molar refractivity (Wildman–Crippen MR) is 90.0 cm³/mol. The van der Waals surface area contributed by atoms with Gasteiger partial charge in [-0.15, -0.1) is 23.7 Å². The smallest absolute Gasteiger partial charge is 0.387 e. The van der Waals surface area contributed by atoms with E-state index in [2.05, 4.69) is 10.1 Å². The van der Waals surface area contributed by atoms with E-state index >= 15 is 0 Å². The highest BCUT2D eigenvalue weighted by Gasteiger charge is 2.27. The molecule has 4 nitrogen and oxygen atoms in total. The second-order valence-electron chi connectivity index (χ2n) is 4.81. The molecule has 25 heavy (non-hydrogen) atoms. The molecule has 10 heteroatoms. The molecular formula is C15H15ClF4N2O2S. The first-order valence-corrected chi connectivity index (χ1v) is 7.63. The van der Waals surface area contributed by atoms with Crippen molar-refractivity contribution in [3.8, 4) is 16.2 Å². The zero-order chi connectivity index (χ0) is 17.7. The van der Waals surface area contributed by atoms with Crippen LogP contribution in [-0.4, -0.2) is 31.5 Å². The summed E-state index contributed by atoms with van der Waals surface area (Å²) in [7, 11) is 0. The van der Waals surface area contributed by atoms with E-state index in [1.165, 1.54) is 18.2 Å². The fourth-order valence-corrected chi connectivity index (χ4v) is 2.71. The predicted octanol–water partition coefficient (Wildman–Crippen LogP) is 3.76. The fourth-order valence-electron chi connectivity index (χ4n) is 1.78. The Kier molecular flexibility index (Phi) is 7.65. The standard InChI is InChI=1S/C15H14F4N2O2S.ClH/c16-14(17)23-10-3-1-9(2-4-10)11-5-6-12(24-11)13(22)21-8-15(18,19)7-20;/h1-6,14H,7-8,20H2,(H,21,22);1H. The van der Waals surface area contributed by atoms with Crippen LogP contribution in [0.4, 0.5) is 17.6 Å². The summed E-state index contributed by atoms with van der Waals surface area (Å²) in [6.45, 7) is -4.59. The first-order valence-electron chi connectivity index (χ1n) is 6.82. The van der Waals surface area contributed by atoms with Crippen LogP contribution in [0.5, 0.6) is 5.75 Å². The van der Waals surface area contributed by atoms with Gasteiger partial charge >= 0.3 is 6.61 Å². The van der Waals surface area contributed by atoms with E-state index in [9.17, 15) is 22.4 Å². The van der Waals surface area contributed by atoms with Crippen LogP contribution in [0.2, 0.25) is 0 Å². The molecule has 0 saturated heterocycles. The van der Waals surface area contributed by atoms with Crippen molar-refractivity contribution in [1.29, 1.82) is 0 Å². The number of ether oxygens (including phenoxy) is 1. The molecule has 1 aromatic heterocycles. The van der Waals surface area contributed by atoms with Crippen molar-refractivity contribution in [2.45, 2.75) is 12.5 Å². The molecule has 0 spiro atoms. The lowest BCUT2D eigenvalue weighted by atomic mass is 10.2. The largest absolute Gasteiger partial charge is 0.435 e. The summed E-state index contributed by atoms with van der Waals surface area (Å²) in [5.74, 6) is -3.76. The van der Waals surface area contributed by atoms with Gasteiger partial charge in [-0.3, -0.25) is 4.79 Å². The first-order chi connectivity index (χ1) is 11.3. The summed E-state index contributed by atoms with van der Waals surface area (Å²) in [5.41, 5.74) is 5.59. The van der Waals surface area contributed by atoms with Gasteiger partial charge in [0.1, 0.15) is 5.75 Å². The zero-order valence-corrected chi connectivity index (χ0v) is 14.3. The average molecular weight is 399 g/mol. The van der Waals surface area contributed by atoms with Crippen molar-refractivity contribution in [3.63, 3.8) is 0 Å². The summed E-state index contributed by atoms with van der Waals surface area (Å²) in [5, 5.41) is 2.12. The Bertz CT molecular complexity index is 695. The number of rotatable bonds is 7. The third kappa shape index (κ3) is 6.18. The summed E-state index contributed by atoms with van der Waals surface area (Å²) in [4.78, 5) is 12.8. The van der Waals surface area contributed by atoms with Gasteiger partial charge in [-0.1, -0.05) is 0 Å². The topological polar surface area (TPSA) is 64.3 Å². The van der Waals surface area contributed by atoms with Crippen molar-refractivity contribution in [1.82, 2.24) is 5.32 Å². The van der Waals surface area contributed by atoms with Crippen LogP contribution >= 0.6 is 23.7 Å². The van der Waals surface area contributed by atoms with E-state index in [4.69, 9.17) is 5.73 Å². The number of carbonyl (C=O) groups excluding carboxylic acids is 1. The molecule has 1 heterocycles. The fraction of sp³-hybridized carbons (Fsp3) is 0.267. The average Bonchev–Trinajstić information content (AvgIpc) is 3.03. The number of thiophene rings is 1. The Morgan fingerprint density at radius 3 is 2.40 bits per heavy atom. The van der Waals surface area contributed by atoms with Crippen LogP contribution in [0.25, 0.3) is 10.4 Å². The highest BCUT2D eigenvalue weighted by atomic mass is 35.5. The SMILES string of the molecule is Cl.NCC(F)(F)CNC(=O)c1ccc(-c2ccc(OC(F)F)cc2)s1. The van der Waals surface area contributed by atoms with Gasteiger partial charge in [0.15, 0.2) is 0 Å². The molecule has 0 bridgehead atoms. The first kappa shape index (κ1) is 21.2. The monoisotopic (exact) mass is 398 g/mol. The molecule has 0 aliphatic rings. The lowest BCUT2D eigenvalue weighted by Gasteiger charge is -2.13. The van der Waals surface area contributed by atoms with Crippen molar-refractivity contribution in [2.75, 3.05) is 13.1 Å². The van der Waals surface area contributed by atoms with Gasteiger partial charge < -0.3 is 15.8 Å². The number of hydrogen-bond acceptors (Lipinski definition) is 4. The van der Waals surface area contributed by atoms with Gasteiger partial charge in [-0.25, -0.2) is 8.78 Å².